The predicted molar refractivity (Wildman–Crippen MR) is 90.1 cm³/mol. The maximum atomic E-state index is 12.3. The fourth-order valence-electron chi connectivity index (χ4n) is 3.40. The van der Waals surface area contributed by atoms with Crippen LogP contribution in [0.25, 0.3) is 5.78 Å². The molecule has 2 atom stereocenters. The molecule has 8 nitrogen and oxygen atoms in total. The van der Waals surface area contributed by atoms with Crippen molar-refractivity contribution in [3.05, 3.63) is 23.3 Å². The number of fused-ring (bicyclic) bond motifs is 1. The van der Waals surface area contributed by atoms with Gasteiger partial charge in [0.2, 0.25) is 0 Å². The van der Waals surface area contributed by atoms with Crippen LogP contribution in [0, 0.1) is 25.7 Å². The van der Waals surface area contributed by atoms with Crippen LogP contribution in [0.15, 0.2) is 6.07 Å². The van der Waals surface area contributed by atoms with E-state index < -0.39 is 5.97 Å². The number of ether oxygens (including phenoxy) is 1. The minimum absolute atomic E-state index is 0.0885. The van der Waals surface area contributed by atoms with Crippen LogP contribution >= 0.6 is 0 Å². The summed E-state index contributed by atoms with van der Waals surface area (Å²) in [5.74, 6) is 0.278. The smallest absolute Gasteiger partial charge is 0.378 e. The highest BCUT2D eigenvalue weighted by Crippen LogP contribution is 2.20. The number of hydrogen-bond donors (Lipinski definition) is 0. The standard InChI is InChI=1S/C17H23N5O3/c1-10-5-11(2)8-21(7-10)14(23)9-25-16(24)15-19-17-18-12(3)6-13(4)22(17)20-15/h6,10-11H,5,7-9H2,1-4H3/t10-,11-/m1/s1. The van der Waals surface area contributed by atoms with E-state index in [1.54, 1.807) is 4.90 Å². The third-order valence-corrected chi connectivity index (χ3v) is 4.35. The highest BCUT2D eigenvalue weighted by molar-refractivity contribution is 5.88. The molecular weight excluding hydrogens is 322 g/mol. The summed E-state index contributed by atoms with van der Waals surface area (Å²) in [6.07, 6.45) is 1.11. The Morgan fingerprint density at radius 3 is 2.56 bits per heavy atom. The lowest BCUT2D eigenvalue weighted by molar-refractivity contribution is -0.137. The van der Waals surface area contributed by atoms with E-state index in [1.807, 2.05) is 19.9 Å². The number of nitrogens with zero attached hydrogens (tertiary/aromatic N) is 5. The summed E-state index contributed by atoms with van der Waals surface area (Å²) in [4.78, 5) is 34.5. The fraction of sp³-hybridized carbons (Fsp3) is 0.588. The number of carbonyl (C=O) groups is 2. The molecule has 0 N–H and O–H groups in total. The van der Waals surface area contributed by atoms with E-state index in [9.17, 15) is 9.59 Å². The van der Waals surface area contributed by atoms with Gasteiger partial charge in [-0.3, -0.25) is 4.79 Å². The van der Waals surface area contributed by atoms with E-state index in [2.05, 4.69) is 28.9 Å². The first kappa shape index (κ1) is 17.3. The number of rotatable bonds is 3. The summed E-state index contributed by atoms with van der Waals surface area (Å²) >= 11 is 0. The molecule has 2 aromatic rings. The average Bonchev–Trinajstić information content (AvgIpc) is 2.95. The van der Waals surface area contributed by atoms with Gasteiger partial charge >= 0.3 is 5.97 Å². The molecule has 3 heterocycles. The molecule has 0 aromatic carbocycles. The molecule has 134 valence electrons. The van der Waals surface area contributed by atoms with Crippen LogP contribution in [0.5, 0.6) is 0 Å². The number of aromatic nitrogens is 4. The molecular formula is C17H23N5O3. The molecule has 0 radical (unpaired) electrons. The van der Waals surface area contributed by atoms with Crippen LogP contribution in [0.1, 0.15) is 42.3 Å². The van der Waals surface area contributed by atoms with Gasteiger partial charge in [-0.05, 0) is 38.2 Å². The van der Waals surface area contributed by atoms with E-state index in [0.29, 0.717) is 30.7 Å². The van der Waals surface area contributed by atoms with Crippen LogP contribution in [-0.4, -0.2) is 56.1 Å². The second-order valence-electron chi connectivity index (χ2n) is 7.01. The highest BCUT2D eigenvalue weighted by Gasteiger charge is 2.26. The second kappa shape index (κ2) is 6.78. The van der Waals surface area contributed by atoms with Crippen molar-refractivity contribution in [2.24, 2.45) is 11.8 Å². The zero-order chi connectivity index (χ0) is 18.1. The maximum Gasteiger partial charge on any atom is 0.378 e. The van der Waals surface area contributed by atoms with Gasteiger partial charge in [0.25, 0.3) is 17.5 Å². The van der Waals surface area contributed by atoms with E-state index in [0.717, 1.165) is 17.8 Å². The molecule has 1 amide bonds. The van der Waals surface area contributed by atoms with Crippen molar-refractivity contribution in [3.63, 3.8) is 0 Å². The first-order chi connectivity index (χ1) is 11.8. The maximum absolute atomic E-state index is 12.3. The monoisotopic (exact) mass is 345 g/mol. The molecule has 3 rings (SSSR count). The molecule has 0 saturated carbocycles. The Bertz CT molecular complexity index is 806. The molecule has 25 heavy (non-hydrogen) atoms. The summed E-state index contributed by atoms with van der Waals surface area (Å²) in [6.45, 7) is 9.07. The highest BCUT2D eigenvalue weighted by atomic mass is 16.5. The zero-order valence-electron chi connectivity index (χ0n) is 15.0. The Morgan fingerprint density at radius 1 is 1.20 bits per heavy atom. The molecule has 1 aliphatic heterocycles. The van der Waals surface area contributed by atoms with Crippen LogP contribution < -0.4 is 0 Å². The summed E-state index contributed by atoms with van der Waals surface area (Å²) < 4.78 is 6.60. The van der Waals surface area contributed by atoms with Crippen molar-refractivity contribution >= 4 is 17.7 Å². The predicted octanol–water partition coefficient (Wildman–Crippen LogP) is 1.40. The molecule has 8 heteroatoms. The SMILES string of the molecule is Cc1cc(C)n2nc(C(=O)OCC(=O)N3C[C@H](C)C[C@@H](C)C3)nc2n1. The van der Waals surface area contributed by atoms with Crippen LogP contribution in [0.3, 0.4) is 0 Å². The van der Waals surface area contributed by atoms with Crippen molar-refractivity contribution in [3.8, 4) is 0 Å². The Morgan fingerprint density at radius 2 is 1.88 bits per heavy atom. The molecule has 1 aliphatic rings. The number of piperidine rings is 1. The summed E-state index contributed by atoms with van der Waals surface area (Å²) in [5, 5.41) is 4.11. The summed E-state index contributed by atoms with van der Waals surface area (Å²) in [7, 11) is 0. The first-order valence-corrected chi connectivity index (χ1v) is 8.49. The van der Waals surface area contributed by atoms with E-state index in [-0.39, 0.29) is 18.3 Å². The third kappa shape index (κ3) is 3.78. The van der Waals surface area contributed by atoms with Crippen molar-refractivity contribution in [1.29, 1.82) is 0 Å². The van der Waals surface area contributed by atoms with Crippen LogP contribution in [0.2, 0.25) is 0 Å². The van der Waals surface area contributed by atoms with Gasteiger partial charge in [0, 0.05) is 24.5 Å². The Labute approximate surface area is 146 Å². The molecule has 0 unspecified atom stereocenters. The van der Waals surface area contributed by atoms with E-state index in [4.69, 9.17) is 4.74 Å². The first-order valence-electron chi connectivity index (χ1n) is 8.49. The quantitative estimate of drug-likeness (QED) is 0.781. The van der Waals surface area contributed by atoms with Crippen molar-refractivity contribution in [1.82, 2.24) is 24.5 Å². The van der Waals surface area contributed by atoms with Gasteiger partial charge in [-0.2, -0.15) is 4.98 Å². The number of hydrogen-bond acceptors (Lipinski definition) is 6. The molecule has 0 bridgehead atoms. The number of esters is 1. The number of aryl methyl sites for hydroxylation is 2. The van der Waals surface area contributed by atoms with Gasteiger partial charge in [-0.15, -0.1) is 5.10 Å². The lowest BCUT2D eigenvalue weighted by atomic mass is 9.92. The Kier molecular flexibility index (Phi) is 4.69. The number of likely N-dealkylation sites (tertiary alicyclic amines) is 1. The molecule has 0 aliphatic carbocycles. The lowest BCUT2D eigenvalue weighted by Crippen LogP contribution is -2.44. The van der Waals surface area contributed by atoms with Crippen molar-refractivity contribution < 1.29 is 14.3 Å². The fourth-order valence-corrected chi connectivity index (χ4v) is 3.40. The number of carbonyl (C=O) groups excluding carboxylic acids is 2. The van der Waals surface area contributed by atoms with Crippen LogP contribution in [0.4, 0.5) is 0 Å². The van der Waals surface area contributed by atoms with E-state index in [1.165, 1.54) is 4.52 Å². The van der Waals surface area contributed by atoms with Gasteiger partial charge in [0.1, 0.15) is 0 Å². The topological polar surface area (TPSA) is 89.7 Å². The summed E-state index contributed by atoms with van der Waals surface area (Å²) in [6, 6.07) is 1.85. The lowest BCUT2D eigenvalue weighted by Gasteiger charge is -2.34. The Balaban J connectivity index is 1.64. The van der Waals surface area contributed by atoms with Gasteiger partial charge in [-0.25, -0.2) is 14.3 Å². The number of amides is 1. The minimum Gasteiger partial charge on any atom is -0.450 e. The molecule has 1 fully saturated rings. The zero-order valence-corrected chi connectivity index (χ0v) is 15.0. The molecule has 1 saturated heterocycles. The van der Waals surface area contributed by atoms with Crippen molar-refractivity contribution in [2.75, 3.05) is 19.7 Å². The average molecular weight is 345 g/mol. The molecule has 0 spiro atoms. The van der Waals surface area contributed by atoms with Crippen molar-refractivity contribution in [2.45, 2.75) is 34.1 Å². The molecule has 2 aromatic heterocycles. The Hall–Kier alpha value is -2.51. The normalized spacial score (nSPS) is 20.7. The van der Waals surface area contributed by atoms with Crippen LogP contribution in [-0.2, 0) is 9.53 Å². The van der Waals surface area contributed by atoms with Gasteiger partial charge in [0.15, 0.2) is 6.61 Å². The van der Waals surface area contributed by atoms with Gasteiger partial charge in [-0.1, -0.05) is 13.8 Å². The van der Waals surface area contributed by atoms with Gasteiger partial charge < -0.3 is 9.64 Å². The van der Waals surface area contributed by atoms with Gasteiger partial charge in [0.05, 0.1) is 0 Å². The van der Waals surface area contributed by atoms with E-state index >= 15 is 0 Å². The second-order valence-corrected chi connectivity index (χ2v) is 7.01. The third-order valence-electron chi connectivity index (χ3n) is 4.35. The largest absolute Gasteiger partial charge is 0.450 e. The minimum atomic E-state index is -0.714. The summed E-state index contributed by atoms with van der Waals surface area (Å²) in [5.41, 5.74) is 1.61.